The first-order chi connectivity index (χ1) is 9.10. The van der Waals surface area contributed by atoms with Crippen molar-refractivity contribution in [1.29, 1.82) is 0 Å². The number of hydrogen-bond donors (Lipinski definition) is 1. The fourth-order valence-corrected chi connectivity index (χ4v) is 1.51. The standard InChI is InChI=1S/C13H18N2O4/c1-9(14-15-13(16)19-4)7-10-5-6-11(17-2)12(8-10)18-3/h5-6,8H,7H2,1-4H3,(H,15,16). The lowest BCUT2D eigenvalue weighted by atomic mass is 10.1. The van der Waals surface area contributed by atoms with Crippen molar-refractivity contribution in [3.05, 3.63) is 23.8 Å². The summed E-state index contributed by atoms with van der Waals surface area (Å²) in [7, 11) is 4.46. The molecule has 104 valence electrons. The summed E-state index contributed by atoms with van der Waals surface area (Å²) >= 11 is 0. The summed E-state index contributed by atoms with van der Waals surface area (Å²) in [5.41, 5.74) is 4.03. The van der Waals surface area contributed by atoms with Crippen LogP contribution in [0.25, 0.3) is 0 Å². The minimum Gasteiger partial charge on any atom is -0.493 e. The number of hydrazone groups is 1. The van der Waals surface area contributed by atoms with Crippen molar-refractivity contribution in [2.45, 2.75) is 13.3 Å². The number of methoxy groups -OCH3 is 3. The molecule has 1 rings (SSSR count). The Bertz CT molecular complexity index is 472. The van der Waals surface area contributed by atoms with Gasteiger partial charge in [0.2, 0.25) is 0 Å². The number of benzene rings is 1. The van der Waals surface area contributed by atoms with Crippen LogP contribution in [-0.2, 0) is 11.2 Å². The highest BCUT2D eigenvalue weighted by Gasteiger charge is 2.05. The van der Waals surface area contributed by atoms with E-state index in [1.807, 2.05) is 25.1 Å². The quantitative estimate of drug-likeness (QED) is 0.653. The third-order valence-corrected chi connectivity index (χ3v) is 2.43. The first-order valence-electron chi connectivity index (χ1n) is 5.68. The fraction of sp³-hybridized carbons (Fsp3) is 0.385. The van der Waals surface area contributed by atoms with Gasteiger partial charge in [0.25, 0.3) is 0 Å². The molecule has 1 aromatic rings. The van der Waals surface area contributed by atoms with Crippen LogP contribution in [0.15, 0.2) is 23.3 Å². The zero-order valence-electron chi connectivity index (χ0n) is 11.5. The maximum absolute atomic E-state index is 10.9. The lowest BCUT2D eigenvalue weighted by Gasteiger charge is -2.09. The van der Waals surface area contributed by atoms with Gasteiger partial charge < -0.3 is 14.2 Å². The lowest BCUT2D eigenvalue weighted by molar-refractivity contribution is 0.171. The molecule has 0 unspecified atom stereocenters. The number of nitrogens with zero attached hydrogens (tertiary/aromatic N) is 1. The van der Waals surface area contributed by atoms with E-state index in [0.29, 0.717) is 17.9 Å². The van der Waals surface area contributed by atoms with Crippen LogP contribution in [0.1, 0.15) is 12.5 Å². The van der Waals surface area contributed by atoms with E-state index in [0.717, 1.165) is 11.3 Å². The molecule has 0 bridgehead atoms. The SMILES string of the molecule is COC(=O)NN=C(C)Cc1ccc(OC)c(OC)c1. The van der Waals surface area contributed by atoms with Gasteiger partial charge in [-0.3, -0.25) is 0 Å². The molecule has 6 nitrogen and oxygen atoms in total. The Hall–Kier alpha value is -2.24. The molecule has 0 aliphatic heterocycles. The molecule has 0 aromatic heterocycles. The number of hydrogen-bond acceptors (Lipinski definition) is 5. The van der Waals surface area contributed by atoms with Gasteiger partial charge in [0.15, 0.2) is 11.5 Å². The van der Waals surface area contributed by atoms with Crippen LogP contribution in [0.4, 0.5) is 4.79 Å². The zero-order valence-corrected chi connectivity index (χ0v) is 11.5. The summed E-state index contributed by atoms with van der Waals surface area (Å²) in [6, 6.07) is 5.61. The zero-order chi connectivity index (χ0) is 14.3. The topological polar surface area (TPSA) is 69.2 Å². The van der Waals surface area contributed by atoms with Crippen LogP contribution < -0.4 is 14.9 Å². The molecule has 0 atom stereocenters. The first kappa shape index (κ1) is 14.8. The molecule has 19 heavy (non-hydrogen) atoms. The van der Waals surface area contributed by atoms with Crippen molar-refractivity contribution in [3.63, 3.8) is 0 Å². The van der Waals surface area contributed by atoms with Crippen molar-refractivity contribution in [1.82, 2.24) is 5.43 Å². The summed E-state index contributed by atoms with van der Waals surface area (Å²) in [6.07, 6.45) is -0.00341. The first-order valence-corrected chi connectivity index (χ1v) is 5.68. The molecule has 1 aromatic carbocycles. The van der Waals surface area contributed by atoms with Gasteiger partial charge in [-0.05, 0) is 24.6 Å². The van der Waals surface area contributed by atoms with E-state index in [4.69, 9.17) is 9.47 Å². The van der Waals surface area contributed by atoms with Gasteiger partial charge in [-0.25, -0.2) is 10.2 Å². The van der Waals surface area contributed by atoms with Crippen molar-refractivity contribution in [2.75, 3.05) is 21.3 Å². The average molecular weight is 266 g/mol. The number of rotatable bonds is 5. The Morgan fingerprint density at radius 1 is 1.21 bits per heavy atom. The average Bonchev–Trinajstić information content (AvgIpc) is 2.44. The second-order valence-corrected chi connectivity index (χ2v) is 3.82. The van der Waals surface area contributed by atoms with E-state index in [2.05, 4.69) is 15.3 Å². The van der Waals surface area contributed by atoms with Gasteiger partial charge in [-0.15, -0.1) is 0 Å². The summed E-state index contributed by atoms with van der Waals surface area (Å²) in [6.45, 7) is 1.81. The molecule has 0 aliphatic rings. The second kappa shape index (κ2) is 7.25. The molecule has 0 radical (unpaired) electrons. The molecule has 1 amide bonds. The molecule has 0 saturated heterocycles. The van der Waals surface area contributed by atoms with Crippen LogP contribution in [0.3, 0.4) is 0 Å². The Kier molecular flexibility index (Phi) is 5.66. The maximum atomic E-state index is 10.9. The van der Waals surface area contributed by atoms with Crippen molar-refractivity contribution < 1.29 is 19.0 Å². The predicted octanol–water partition coefficient (Wildman–Crippen LogP) is 1.98. The van der Waals surface area contributed by atoms with E-state index < -0.39 is 6.09 Å². The number of carbonyl (C=O) groups is 1. The summed E-state index contributed by atoms with van der Waals surface area (Å²) < 4.78 is 14.8. The van der Waals surface area contributed by atoms with Crippen molar-refractivity contribution >= 4 is 11.8 Å². The minimum atomic E-state index is -0.591. The highest BCUT2D eigenvalue weighted by atomic mass is 16.5. The molecule has 1 N–H and O–H groups in total. The van der Waals surface area contributed by atoms with Crippen LogP contribution >= 0.6 is 0 Å². The molecule has 0 aliphatic carbocycles. The number of amides is 1. The third-order valence-electron chi connectivity index (χ3n) is 2.43. The van der Waals surface area contributed by atoms with Gasteiger partial charge in [0, 0.05) is 12.1 Å². The Labute approximate surface area is 112 Å². The molecular weight excluding hydrogens is 248 g/mol. The highest BCUT2D eigenvalue weighted by Crippen LogP contribution is 2.27. The van der Waals surface area contributed by atoms with Crippen LogP contribution in [-0.4, -0.2) is 33.1 Å². The van der Waals surface area contributed by atoms with Crippen LogP contribution in [0, 0.1) is 0 Å². The Morgan fingerprint density at radius 2 is 1.89 bits per heavy atom. The molecule has 0 fully saturated rings. The fourth-order valence-electron chi connectivity index (χ4n) is 1.51. The van der Waals surface area contributed by atoms with E-state index in [9.17, 15) is 4.79 Å². The predicted molar refractivity (Wildman–Crippen MR) is 71.9 cm³/mol. The van der Waals surface area contributed by atoms with Gasteiger partial charge in [-0.1, -0.05) is 6.07 Å². The van der Waals surface area contributed by atoms with E-state index in [1.165, 1.54) is 7.11 Å². The molecule has 0 heterocycles. The molecule has 6 heteroatoms. The molecular formula is C13H18N2O4. The van der Waals surface area contributed by atoms with Crippen LogP contribution in [0.5, 0.6) is 11.5 Å². The Balaban J connectivity index is 2.74. The monoisotopic (exact) mass is 266 g/mol. The number of ether oxygens (including phenoxy) is 3. The molecule has 0 saturated carbocycles. The van der Waals surface area contributed by atoms with Crippen LogP contribution in [0.2, 0.25) is 0 Å². The minimum absolute atomic E-state index is 0.588. The van der Waals surface area contributed by atoms with Crippen molar-refractivity contribution in [2.24, 2.45) is 5.10 Å². The maximum Gasteiger partial charge on any atom is 0.427 e. The molecule has 0 spiro atoms. The largest absolute Gasteiger partial charge is 0.493 e. The number of nitrogens with one attached hydrogen (secondary N) is 1. The van der Waals surface area contributed by atoms with Crippen molar-refractivity contribution in [3.8, 4) is 11.5 Å². The second-order valence-electron chi connectivity index (χ2n) is 3.82. The van der Waals surface area contributed by atoms with E-state index >= 15 is 0 Å². The smallest absolute Gasteiger partial charge is 0.427 e. The lowest BCUT2D eigenvalue weighted by Crippen LogP contribution is -2.19. The van der Waals surface area contributed by atoms with E-state index in [-0.39, 0.29) is 0 Å². The third kappa shape index (κ3) is 4.50. The van der Waals surface area contributed by atoms with E-state index in [1.54, 1.807) is 14.2 Å². The summed E-state index contributed by atoms with van der Waals surface area (Å²) in [5.74, 6) is 1.34. The Morgan fingerprint density at radius 3 is 2.47 bits per heavy atom. The normalized spacial score (nSPS) is 10.8. The van der Waals surface area contributed by atoms with Gasteiger partial charge in [0.05, 0.1) is 21.3 Å². The van der Waals surface area contributed by atoms with Gasteiger partial charge in [-0.2, -0.15) is 5.10 Å². The summed E-state index contributed by atoms with van der Waals surface area (Å²) in [4.78, 5) is 10.9. The number of carbonyl (C=O) groups excluding carboxylic acids is 1. The summed E-state index contributed by atoms with van der Waals surface area (Å²) in [5, 5.41) is 3.91. The van der Waals surface area contributed by atoms with Gasteiger partial charge in [0.1, 0.15) is 0 Å². The van der Waals surface area contributed by atoms with Gasteiger partial charge >= 0.3 is 6.09 Å². The highest BCUT2D eigenvalue weighted by molar-refractivity contribution is 5.85.